The Morgan fingerprint density at radius 3 is 2.82 bits per heavy atom. The van der Waals surface area contributed by atoms with Crippen LogP contribution in [0, 0.1) is 6.92 Å². The molecular formula is C19H22N6O3. The number of tetrazole rings is 1. The zero-order valence-electron chi connectivity index (χ0n) is 15.7. The van der Waals surface area contributed by atoms with E-state index in [2.05, 4.69) is 26.2 Å². The van der Waals surface area contributed by atoms with Gasteiger partial charge in [0.05, 0.1) is 0 Å². The first-order valence-electron chi connectivity index (χ1n) is 8.76. The summed E-state index contributed by atoms with van der Waals surface area (Å²) in [7, 11) is 1.74. The van der Waals surface area contributed by atoms with Gasteiger partial charge in [0.1, 0.15) is 18.5 Å². The second-order valence-electron chi connectivity index (χ2n) is 6.32. The van der Waals surface area contributed by atoms with Gasteiger partial charge in [-0.1, -0.05) is 24.3 Å². The fourth-order valence-electron chi connectivity index (χ4n) is 2.55. The SMILES string of the molecule is Cc1cccc(OCC(O)CNC(=O)Nc2cccc(-c3nnnn3C)c2)c1. The van der Waals surface area contributed by atoms with Crippen LogP contribution in [0.1, 0.15) is 5.56 Å². The van der Waals surface area contributed by atoms with E-state index in [1.54, 1.807) is 29.9 Å². The summed E-state index contributed by atoms with van der Waals surface area (Å²) >= 11 is 0. The van der Waals surface area contributed by atoms with Crippen molar-refractivity contribution >= 4 is 11.7 Å². The van der Waals surface area contributed by atoms with Gasteiger partial charge in [-0.2, -0.15) is 0 Å². The molecule has 0 saturated heterocycles. The van der Waals surface area contributed by atoms with Gasteiger partial charge in [0.25, 0.3) is 0 Å². The number of aryl methyl sites for hydroxylation is 2. The summed E-state index contributed by atoms with van der Waals surface area (Å²) in [4.78, 5) is 12.1. The first-order valence-corrected chi connectivity index (χ1v) is 8.76. The molecule has 9 nitrogen and oxygen atoms in total. The highest BCUT2D eigenvalue weighted by Crippen LogP contribution is 2.19. The number of carbonyl (C=O) groups is 1. The van der Waals surface area contributed by atoms with E-state index in [0.717, 1.165) is 11.1 Å². The molecule has 0 aliphatic rings. The molecule has 3 N–H and O–H groups in total. The van der Waals surface area contributed by atoms with Crippen molar-refractivity contribution in [1.82, 2.24) is 25.5 Å². The van der Waals surface area contributed by atoms with Crippen LogP contribution in [0.4, 0.5) is 10.5 Å². The first-order chi connectivity index (χ1) is 13.5. The fourth-order valence-corrected chi connectivity index (χ4v) is 2.55. The summed E-state index contributed by atoms with van der Waals surface area (Å²) in [5, 5.41) is 26.7. The third kappa shape index (κ3) is 5.27. The molecule has 3 aromatic rings. The van der Waals surface area contributed by atoms with Gasteiger partial charge >= 0.3 is 6.03 Å². The Bertz CT molecular complexity index is 943. The minimum Gasteiger partial charge on any atom is -0.491 e. The highest BCUT2D eigenvalue weighted by atomic mass is 16.5. The molecule has 0 fully saturated rings. The monoisotopic (exact) mass is 382 g/mol. The number of nitrogens with zero attached hydrogens (tertiary/aromatic N) is 4. The van der Waals surface area contributed by atoms with Crippen LogP contribution in [0.5, 0.6) is 5.75 Å². The molecule has 0 spiro atoms. The van der Waals surface area contributed by atoms with E-state index in [1.807, 2.05) is 37.3 Å². The van der Waals surface area contributed by atoms with Crippen LogP contribution in [-0.2, 0) is 7.05 Å². The second-order valence-corrected chi connectivity index (χ2v) is 6.32. The van der Waals surface area contributed by atoms with Crippen LogP contribution in [0.3, 0.4) is 0 Å². The molecule has 1 unspecified atom stereocenters. The number of urea groups is 1. The van der Waals surface area contributed by atoms with Crippen LogP contribution in [0.15, 0.2) is 48.5 Å². The largest absolute Gasteiger partial charge is 0.491 e. The quantitative estimate of drug-likeness (QED) is 0.574. The number of aliphatic hydroxyl groups is 1. The highest BCUT2D eigenvalue weighted by molar-refractivity contribution is 5.89. The summed E-state index contributed by atoms with van der Waals surface area (Å²) in [5.41, 5.74) is 2.43. The first kappa shape index (κ1) is 19.3. The number of aromatic nitrogens is 4. The van der Waals surface area contributed by atoms with E-state index in [1.165, 1.54) is 0 Å². The molecule has 0 aliphatic heterocycles. The number of amides is 2. The van der Waals surface area contributed by atoms with Crippen LogP contribution in [0.25, 0.3) is 11.4 Å². The van der Waals surface area contributed by atoms with Gasteiger partial charge in [-0.25, -0.2) is 9.48 Å². The number of anilines is 1. The third-order valence-corrected chi connectivity index (χ3v) is 3.93. The van der Waals surface area contributed by atoms with Crippen molar-refractivity contribution in [2.75, 3.05) is 18.5 Å². The second kappa shape index (κ2) is 8.96. The summed E-state index contributed by atoms with van der Waals surface area (Å²) in [5.74, 6) is 1.27. The van der Waals surface area contributed by atoms with Crippen molar-refractivity contribution in [3.63, 3.8) is 0 Å². The average Bonchev–Trinajstić information content (AvgIpc) is 3.11. The topological polar surface area (TPSA) is 114 Å². The van der Waals surface area contributed by atoms with Crippen molar-refractivity contribution in [2.45, 2.75) is 13.0 Å². The lowest BCUT2D eigenvalue weighted by atomic mass is 10.2. The minimum absolute atomic E-state index is 0.0601. The van der Waals surface area contributed by atoms with E-state index in [0.29, 0.717) is 17.3 Å². The Morgan fingerprint density at radius 1 is 1.25 bits per heavy atom. The van der Waals surface area contributed by atoms with Gasteiger partial charge < -0.3 is 20.5 Å². The molecule has 0 aliphatic carbocycles. The van der Waals surface area contributed by atoms with E-state index >= 15 is 0 Å². The Morgan fingerprint density at radius 2 is 2.07 bits per heavy atom. The number of hydrogen-bond donors (Lipinski definition) is 3. The van der Waals surface area contributed by atoms with Crippen molar-refractivity contribution in [1.29, 1.82) is 0 Å². The zero-order valence-corrected chi connectivity index (χ0v) is 15.7. The number of rotatable bonds is 7. The molecule has 3 rings (SSSR count). The van der Waals surface area contributed by atoms with E-state index in [4.69, 9.17) is 4.74 Å². The summed E-state index contributed by atoms with van der Waals surface area (Å²) in [6, 6.07) is 14.3. The van der Waals surface area contributed by atoms with Gasteiger partial charge in [0, 0.05) is 24.8 Å². The third-order valence-electron chi connectivity index (χ3n) is 3.93. The Kier molecular flexibility index (Phi) is 6.18. The number of ether oxygens (including phenoxy) is 1. The lowest BCUT2D eigenvalue weighted by Gasteiger charge is -2.14. The van der Waals surface area contributed by atoms with Gasteiger partial charge in [-0.05, 0) is 47.2 Å². The normalized spacial score (nSPS) is 11.7. The maximum absolute atomic E-state index is 12.1. The number of hydrogen-bond acceptors (Lipinski definition) is 6. The van der Waals surface area contributed by atoms with Gasteiger partial charge in [0.2, 0.25) is 0 Å². The smallest absolute Gasteiger partial charge is 0.319 e. The lowest BCUT2D eigenvalue weighted by Crippen LogP contribution is -2.37. The molecule has 28 heavy (non-hydrogen) atoms. The van der Waals surface area contributed by atoms with Crippen molar-refractivity contribution in [3.8, 4) is 17.1 Å². The number of benzene rings is 2. The fraction of sp³-hybridized carbons (Fsp3) is 0.263. The summed E-state index contributed by atoms with van der Waals surface area (Å²) < 4.78 is 7.07. The molecule has 1 aromatic heterocycles. The molecule has 0 bridgehead atoms. The van der Waals surface area contributed by atoms with Crippen LogP contribution >= 0.6 is 0 Å². The van der Waals surface area contributed by atoms with Crippen molar-refractivity contribution in [3.05, 3.63) is 54.1 Å². The molecular weight excluding hydrogens is 360 g/mol. The molecule has 1 atom stereocenters. The highest BCUT2D eigenvalue weighted by Gasteiger charge is 2.10. The van der Waals surface area contributed by atoms with Crippen LogP contribution in [0.2, 0.25) is 0 Å². The molecule has 2 amide bonds. The molecule has 2 aromatic carbocycles. The number of aliphatic hydroxyl groups excluding tert-OH is 1. The number of nitrogens with one attached hydrogen (secondary N) is 2. The van der Waals surface area contributed by atoms with Crippen LogP contribution in [-0.4, -0.2) is 50.6 Å². The predicted molar refractivity (Wildman–Crippen MR) is 104 cm³/mol. The summed E-state index contributed by atoms with van der Waals surface area (Å²) in [6.07, 6.45) is -0.831. The molecule has 0 saturated carbocycles. The Labute approximate surface area is 162 Å². The Hall–Kier alpha value is -3.46. The maximum Gasteiger partial charge on any atom is 0.319 e. The number of carbonyl (C=O) groups excluding carboxylic acids is 1. The minimum atomic E-state index is -0.831. The molecule has 146 valence electrons. The van der Waals surface area contributed by atoms with Crippen molar-refractivity contribution in [2.24, 2.45) is 7.05 Å². The van der Waals surface area contributed by atoms with Gasteiger partial charge in [0.15, 0.2) is 5.82 Å². The standard InChI is InChI=1S/C19H22N6O3/c1-13-5-3-8-17(9-13)28-12-16(26)11-20-19(27)21-15-7-4-6-14(10-15)18-22-23-24-25(18)2/h3-10,16,26H,11-12H2,1-2H3,(H2,20,21,27). The lowest BCUT2D eigenvalue weighted by molar-refractivity contribution is 0.108. The maximum atomic E-state index is 12.1. The zero-order chi connectivity index (χ0) is 19.9. The predicted octanol–water partition coefficient (Wildman–Crippen LogP) is 1.75. The van der Waals surface area contributed by atoms with Gasteiger partial charge in [-0.3, -0.25) is 0 Å². The van der Waals surface area contributed by atoms with Crippen LogP contribution < -0.4 is 15.4 Å². The molecule has 1 heterocycles. The van der Waals surface area contributed by atoms with Gasteiger partial charge in [-0.15, -0.1) is 5.10 Å². The van der Waals surface area contributed by atoms with Crippen molar-refractivity contribution < 1.29 is 14.6 Å². The summed E-state index contributed by atoms with van der Waals surface area (Å²) in [6.45, 7) is 2.11. The van der Waals surface area contributed by atoms with E-state index in [9.17, 15) is 9.90 Å². The molecule has 0 radical (unpaired) electrons. The Balaban J connectivity index is 1.47. The van der Waals surface area contributed by atoms with E-state index in [-0.39, 0.29) is 13.2 Å². The van der Waals surface area contributed by atoms with E-state index < -0.39 is 12.1 Å². The average molecular weight is 382 g/mol. The molecule has 9 heteroatoms.